The van der Waals surface area contributed by atoms with Gasteiger partial charge in [0.15, 0.2) is 0 Å². The van der Waals surface area contributed by atoms with Crippen molar-refractivity contribution in [1.29, 1.82) is 0 Å². The minimum Gasteiger partial charge on any atom is -0.366 e. The van der Waals surface area contributed by atoms with Gasteiger partial charge in [0.05, 0.1) is 0 Å². The van der Waals surface area contributed by atoms with Crippen LogP contribution in [-0.2, 0) is 4.79 Å². The van der Waals surface area contributed by atoms with Crippen LogP contribution >= 0.6 is 0 Å². The Morgan fingerprint density at radius 3 is 2.11 bits per heavy atom. The molecule has 0 aromatic carbocycles. The molecule has 1 aliphatic carbocycles. The molecule has 1 aliphatic rings. The second-order valence-corrected chi connectivity index (χ2v) is 2.50. The monoisotopic (exact) mass is 126 g/mol. The van der Waals surface area contributed by atoms with Crippen LogP contribution in [0.15, 0.2) is 12.2 Å². The van der Waals surface area contributed by atoms with Crippen molar-refractivity contribution in [3.63, 3.8) is 0 Å². The summed E-state index contributed by atoms with van der Waals surface area (Å²) in [6.07, 6.45) is 1.68. The Morgan fingerprint density at radius 1 is 1.56 bits per heavy atom. The molecule has 0 aliphatic heterocycles. The van der Waals surface area contributed by atoms with Crippen molar-refractivity contribution in [2.45, 2.75) is 18.4 Å². The smallest absolute Gasteiger partial charge is 0.245 e. The molecule has 4 N–H and O–H groups in total. The average Bonchev–Trinajstić information content (AvgIpc) is 2.47. The number of carbonyl (C=O) groups is 1. The maximum atomic E-state index is 10.4. The molecule has 0 aromatic heterocycles. The molecule has 3 nitrogen and oxygen atoms in total. The SMILES string of the molecule is C=C(C(N)=O)C1(N)CC1. The van der Waals surface area contributed by atoms with E-state index in [2.05, 4.69) is 6.58 Å². The number of hydrogen-bond acceptors (Lipinski definition) is 2. The van der Waals surface area contributed by atoms with Gasteiger partial charge in [0, 0.05) is 11.1 Å². The minimum atomic E-state index is -0.477. The van der Waals surface area contributed by atoms with E-state index in [0.717, 1.165) is 12.8 Å². The maximum Gasteiger partial charge on any atom is 0.245 e. The van der Waals surface area contributed by atoms with Gasteiger partial charge in [0.1, 0.15) is 0 Å². The molecule has 50 valence electrons. The van der Waals surface area contributed by atoms with Gasteiger partial charge >= 0.3 is 0 Å². The van der Waals surface area contributed by atoms with Crippen molar-refractivity contribution >= 4 is 5.91 Å². The second kappa shape index (κ2) is 1.57. The third kappa shape index (κ3) is 0.954. The van der Waals surface area contributed by atoms with Crippen molar-refractivity contribution < 1.29 is 4.79 Å². The summed E-state index contributed by atoms with van der Waals surface area (Å²) in [6.45, 7) is 3.49. The molecular weight excluding hydrogens is 116 g/mol. The Bertz CT molecular complexity index is 170. The van der Waals surface area contributed by atoms with E-state index in [1.54, 1.807) is 0 Å². The molecule has 0 unspecified atom stereocenters. The summed E-state index contributed by atoms with van der Waals surface area (Å²) in [5.74, 6) is -0.477. The van der Waals surface area contributed by atoms with Gasteiger partial charge in [0.25, 0.3) is 0 Å². The first-order chi connectivity index (χ1) is 4.06. The van der Waals surface area contributed by atoms with Gasteiger partial charge in [-0.3, -0.25) is 4.79 Å². The molecule has 0 atom stereocenters. The van der Waals surface area contributed by atoms with Crippen molar-refractivity contribution in [3.8, 4) is 0 Å². The summed E-state index contributed by atoms with van der Waals surface area (Å²) in [5, 5.41) is 0. The Kier molecular flexibility index (Phi) is 1.10. The van der Waals surface area contributed by atoms with Crippen molar-refractivity contribution in [2.24, 2.45) is 11.5 Å². The third-order valence-corrected chi connectivity index (χ3v) is 1.69. The van der Waals surface area contributed by atoms with Crippen LogP contribution in [0.5, 0.6) is 0 Å². The fraction of sp³-hybridized carbons (Fsp3) is 0.500. The topological polar surface area (TPSA) is 69.1 Å². The lowest BCUT2D eigenvalue weighted by Gasteiger charge is -2.06. The van der Waals surface area contributed by atoms with Crippen LogP contribution in [0.2, 0.25) is 0 Å². The molecule has 1 rings (SSSR count). The maximum absolute atomic E-state index is 10.4. The predicted octanol–water partition coefficient (Wildman–Crippen LogP) is -0.481. The van der Waals surface area contributed by atoms with Gasteiger partial charge in [-0.2, -0.15) is 0 Å². The second-order valence-electron chi connectivity index (χ2n) is 2.50. The summed E-state index contributed by atoms with van der Waals surface area (Å²) < 4.78 is 0. The van der Waals surface area contributed by atoms with Gasteiger partial charge in [-0.25, -0.2) is 0 Å². The summed E-state index contributed by atoms with van der Waals surface area (Å²) in [4.78, 5) is 10.4. The first-order valence-electron chi connectivity index (χ1n) is 2.84. The number of primary amides is 1. The quantitative estimate of drug-likeness (QED) is 0.490. The van der Waals surface area contributed by atoms with Crippen LogP contribution in [0.4, 0.5) is 0 Å². The van der Waals surface area contributed by atoms with Crippen LogP contribution in [0, 0.1) is 0 Å². The molecule has 0 heterocycles. The standard InChI is InChI=1S/C6H10N2O/c1-4(5(7)9)6(8)2-3-6/h1-3,8H2,(H2,7,9). The highest BCUT2D eigenvalue weighted by molar-refractivity contribution is 5.94. The van der Waals surface area contributed by atoms with E-state index in [9.17, 15) is 4.79 Å². The van der Waals surface area contributed by atoms with Gasteiger partial charge in [0.2, 0.25) is 5.91 Å². The number of carbonyl (C=O) groups excluding carboxylic acids is 1. The Hall–Kier alpha value is -0.830. The lowest BCUT2D eigenvalue weighted by Crippen LogP contribution is -2.32. The molecule has 9 heavy (non-hydrogen) atoms. The summed E-state index contributed by atoms with van der Waals surface area (Å²) in [6, 6.07) is 0. The van der Waals surface area contributed by atoms with Crippen LogP contribution in [-0.4, -0.2) is 11.4 Å². The van der Waals surface area contributed by atoms with Gasteiger partial charge in [-0.1, -0.05) is 6.58 Å². The number of rotatable bonds is 2. The highest BCUT2D eigenvalue weighted by atomic mass is 16.1. The van der Waals surface area contributed by atoms with E-state index >= 15 is 0 Å². The van der Waals surface area contributed by atoms with E-state index in [1.165, 1.54) is 0 Å². The minimum absolute atomic E-state index is 0.363. The fourth-order valence-electron chi connectivity index (χ4n) is 0.682. The molecule has 0 aromatic rings. The lowest BCUT2D eigenvalue weighted by atomic mass is 10.1. The number of amides is 1. The van der Waals surface area contributed by atoms with E-state index < -0.39 is 11.4 Å². The molecule has 1 amide bonds. The zero-order valence-corrected chi connectivity index (χ0v) is 5.18. The molecule has 0 bridgehead atoms. The van der Waals surface area contributed by atoms with Crippen LogP contribution < -0.4 is 11.5 Å². The van der Waals surface area contributed by atoms with Crippen molar-refractivity contribution in [3.05, 3.63) is 12.2 Å². The normalized spacial score (nSPS) is 21.0. The largest absolute Gasteiger partial charge is 0.366 e. The molecule has 0 spiro atoms. The first kappa shape index (κ1) is 6.29. The van der Waals surface area contributed by atoms with Crippen molar-refractivity contribution in [2.75, 3.05) is 0 Å². The van der Waals surface area contributed by atoms with Gasteiger partial charge < -0.3 is 11.5 Å². The highest BCUT2D eigenvalue weighted by Crippen LogP contribution is 2.38. The zero-order valence-electron chi connectivity index (χ0n) is 5.18. The summed E-state index contributed by atoms with van der Waals surface area (Å²) >= 11 is 0. The predicted molar refractivity (Wildman–Crippen MR) is 34.5 cm³/mol. The number of nitrogens with two attached hydrogens (primary N) is 2. The average molecular weight is 126 g/mol. The van der Waals surface area contributed by atoms with Gasteiger partial charge in [-0.15, -0.1) is 0 Å². The first-order valence-corrected chi connectivity index (χ1v) is 2.84. The van der Waals surface area contributed by atoms with Crippen LogP contribution in [0.3, 0.4) is 0 Å². The Labute approximate surface area is 53.7 Å². The summed E-state index contributed by atoms with van der Waals surface area (Å²) in [7, 11) is 0. The molecule has 0 radical (unpaired) electrons. The molecular formula is C6H10N2O. The van der Waals surface area contributed by atoms with E-state index in [-0.39, 0.29) is 0 Å². The Morgan fingerprint density at radius 2 is 2.00 bits per heavy atom. The van der Waals surface area contributed by atoms with Crippen LogP contribution in [0.1, 0.15) is 12.8 Å². The molecule has 1 saturated carbocycles. The van der Waals surface area contributed by atoms with Gasteiger partial charge in [-0.05, 0) is 12.8 Å². The van der Waals surface area contributed by atoms with E-state index in [4.69, 9.17) is 11.5 Å². The molecule has 0 saturated heterocycles. The lowest BCUT2D eigenvalue weighted by molar-refractivity contribution is -0.114. The van der Waals surface area contributed by atoms with E-state index in [0.29, 0.717) is 5.57 Å². The zero-order chi connectivity index (χ0) is 7.07. The molecule has 1 fully saturated rings. The number of hydrogen-bond donors (Lipinski definition) is 2. The summed E-state index contributed by atoms with van der Waals surface area (Å²) in [5.41, 5.74) is 10.5. The van der Waals surface area contributed by atoms with E-state index in [1.807, 2.05) is 0 Å². The Balaban J connectivity index is 2.63. The highest BCUT2D eigenvalue weighted by Gasteiger charge is 2.42. The van der Waals surface area contributed by atoms with Crippen LogP contribution in [0.25, 0.3) is 0 Å². The van der Waals surface area contributed by atoms with Crippen molar-refractivity contribution in [1.82, 2.24) is 0 Å². The molecule has 3 heteroatoms. The fourth-order valence-corrected chi connectivity index (χ4v) is 0.682. The third-order valence-electron chi connectivity index (χ3n) is 1.69.